The molecular weight excluding hydrogens is 336 g/mol. The van der Waals surface area contributed by atoms with Crippen LogP contribution < -0.4 is 9.47 Å². The Kier molecular flexibility index (Phi) is 7.28. The topological polar surface area (TPSA) is 34.6 Å². The van der Waals surface area contributed by atoms with E-state index in [9.17, 15) is 0 Å². The number of nitrogens with zero attached hydrogens (tertiary/aromatic N) is 2. The molecule has 144 valence electrons. The molecule has 4 nitrogen and oxygen atoms in total. The Bertz CT molecular complexity index is 718. The molecule has 1 aromatic heterocycles. The molecule has 1 aromatic carbocycles. The maximum Gasteiger partial charge on any atom is 0.123 e. The largest absolute Gasteiger partial charge is 0.497 e. The normalized spacial score (nSPS) is 17.4. The number of likely N-dealkylation sites (tertiary alicyclic amines) is 1. The van der Waals surface area contributed by atoms with Crippen LogP contribution in [0.5, 0.6) is 11.5 Å². The lowest BCUT2D eigenvalue weighted by atomic mass is 9.96. The van der Waals surface area contributed by atoms with Crippen LogP contribution in [0, 0.1) is 0 Å². The fraction of sp³-hybridized carbons (Fsp3) is 0.435. The molecular formula is C23H30N2O2. The smallest absolute Gasteiger partial charge is 0.123 e. The number of ether oxygens (including phenoxy) is 2. The van der Waals surface area contributed by atoms with Gasteiger partial charge in [-0.25, -0.2) is 0 Å². The van der Waals surface area contributed by atoms with Crippen molar-refractivity contribution in [2.45, 2.75) is 38.1 Å². The summed E-state index contributed by atoms with van der Waals surface area (Å²) in [6, 6.07) is 10.7. The fourth-order valence-corrected chi connectivity index (χ4v) is 3.80. The zero-order chi connectivity index (χ0) is 18.9. The molecule has 1 saturated heterocycles. The quantitative estimate of drug-likeness (QED) is 0.471. The van der Waals surface area contributed by atoms with E-state index in [4.69, 9.17) is 9.47 Å². The molecule has 0 radical (unpaired) electrons. The predicted octanol–water partition coefficient (Wildman–Crippen LogP) is 4.81. The van der Waals surface area contributed by atoms with Gasteiger partial charge in [0.1, 0.15) is 11.5 Å². The van der Waals surface area contributed by atoms with Gasteiger partial charge in [0.25, 0.3) is 0 Å². The fourth-order valence-electron chi connectivity index (χ4n) is 3.80. The van der Waals surface area contributed by atoms with Gasteiger partial charge in [-0.3, -0.25) is 9.88 Å². The van der Waals surface area contributed by atoms with Crippen molar-refractivity contribution < 1.29 is 9.47 Å². The number of pyridine rings is 1. The van der Waals surface area contributed by atoms with E-state index >= 15 is 0 Å². The number of hydrogen-bond donors (Lipinski definition) is 0. The zero-order valence-electron chi connectivity index (χ0n) is 16.3. The molecule has 3 rings (SSSR count). The summed E-state index contributed by atoms with van der Waals surface area (Å²) in [7, 11) is 1.69. The monoisotopic (exact) mass is 366 g/mol. The highest BCUT2D eigenvalue weighted by atomic mass is 16.5. The van der Waals surface area contributed by atoms with Crippen LogP contribution in [0.25, 0.3) is 0 Å². The van der Waals surface area contributed by atoms with Gasteiger partial charge < -0.3 is 9.47 Å². The lowest BCUT2D eigenvalue weighted by Crippen LogP contribution is -2.34. The summed E-state index contributed by atoms with van der Waals surface area (Å²) in [5.74, 6) is 1.78. The second kappa shape index (κ2) is 10.1. The van der Waals surface area contributed by atoms with Gasteiger partial charge in [-0.2, -0.15) is 0 Å². The highest BCUT2D eigenvalue weighted by molar-refractivity contribution is 5.41. The van der Waals surface area contributed by atoms with Crippen LogP contribution in [0.2, 0.25) is 0 Å². The first kappa shape index (κ1) is 19.4. The molecule has 1 aliphatic rings. The van der Waals surface area contributed by atoms with Gasteiger partial charge in [0.15, 0.2) is 0 Å². The summed E-state index contributed by atoms with van der Waals surface area (Å²) >= 11 is 0. The van der Waals surface area contributed by atoms with Crippen molar-refractivity contribution in [2.75, 3.05) is 26.8 Å². The minimum atomic E-state index is 0.491. The summed E-state index contributed by atoms with van der Waals surface area (Å²) in [6.07, 6.45) is 11.3. The van der Waals surface area contributed by atoms with Gasteiger partial charge in [0.2, 0.25) is 0 Å². The summed E-state index contributed by atoms with van der Waals surface area (Å²) in [6.45, 7) is 6.76. The van der Waals surface area contributed by atoms with Crippen LogP contribution in [0.15, 0.2) is 55.4 Å². The highest BCUT2D eigenvalue weighted by Crippen LogP contribution is 2.30. The number of benzene rings is 1. The average molecular weight is 367 g/mol. The van der Waals surface area contributed by atoms with E-state index in [0.717, 1.165) is 43.0 Å². The number of hydrogen-bond acceptors (Lipinski definition) is 4. The highest BCUT2D eigenvalue weighted by Gasteiger charge is 2.23. The summed E-state index contributed by atoms with van der Waals surface area (Å²) in [5.41, 5.74) is 2.46. The molecule has 2 aromatic rings. The van der Waals surface area contributed by atoms with E-state index in [1.807, 2.05) is 42.7 Å². The third kappa shape index (κ3) is 5.33. The van der Waals surface area contributed by atoms with E-state index < -0.39 is 0 Å². The number of rotatable bonds is 9. The van der Waals surface area contributed by atoms with Gasteiger partial charge in [-0.1, -0.05) is 18.6 Å². The van der Waals surface area contributed by atoms with E-state index in [1.165, 1.54) is 24.8 Å². The number of piperidine rings is 1. The second-order valence-corrected chi connectivity index (χ2v) is 7.00. The van der Waals surface area contributed by atoms with Crippen molar-refractivity contribution >= 4 is 0 Å². The van der Waals surface area contributed by atoms with Crippen LogP contribution in [0.4, 0.5) is 0 Å². The van der Waals surface area contributed by atoms with Gasteiger partial charge in [0.05, 0.1) is 13.7 Å². The van der Waals surface area contributed by atoms with Gasteiger partial charge in [-0.05, 0) is 62.1 Å². The Hall–Kier alpha value is -2.33. The third-order valence-electron chi connectivity index (χ3n) is 5.16. The molecule has 0 saturated carbocycles. The molecule has 0 spiro atoms. The Morgan fingerprint density at radius 1 is 1.30 bits per heavy atom. The summed E-state index contributed by atoms with van der Waals surface area (Å²) in [5, 5.41) is 0. The number of allylic oxidation sites excluding steroid dienone is 1. The van der Waals surface area contributed by atoms with Gasteiger partial charge in [0, 0.05) is 30.5 Å². The minimum absolute atomic E-state index is 0.491. The lowest BCUT2D eigenvalue weighted by molar-refractivity contribution is 0.137. The van der Waals surface area contributed by atoms with Crippen LogP contribution in [0.1, 0.15) is 42.9 Å². The van der Waals surface area contributed by atoms with E-state index in [2.05, 4.69) is 22.5 Å². The van der Waals surface area contributed by atoms with E-state index in [-0.39, 0.29) is 0 Å². The Morgan fingerprint density at radius 2 is 2.22 bits per heavy atom. The first-order valence-corrected chi connectivity index (χ1v) is 9.86. The Balaban J connectivity index is 1.54. The molecule has 1 atom stereocenters. The molecule has 0 N–H and O–H groups in total. The van der Waals surface area contributed by atoms with Crippen molar-refractivity contribution in [1.82, 2.24) is 9.88 Å². The van der Waals surface area contributed by atoms with Crippen LogP contribution >= 0.6 is 0 Å². The van der Waals surface area contributed by atoms with Crippen molar-refractivity contribution in [3.8, 4) is 11.5 Å². The first-order valence-electron chi connectivity index (χ1n) is 9.86. The van der Waals surface area contributed by atoms with E-state index in [0.29, 0.717) is 12.6 Å². The minimum Gasteiger partial charge on any atom is -0.497 e. The van der Waals surface area contributed by atoms with Crippen molar-refractivity contribution in [2.24, 2.45) is 0 Å². The third-order valence-corrected chi connectivity index (χ3v) is 5.16. The first-order chi connectivity index (χ1) is 13.3. The SMILES string of the molecule is C=CCc1cc(OC)ccc1OCCCN1CCCCC1c1cccnc1. The molecule has 2 heterocycles. The summed E-state index contributed by atoms with van der Waals surface area (Å²) < 4.78 is 11.4. The average Bonchev–Trinajstić information content (AvgIpc) is 2.73. The molecule has 0 bridgehead atoms. The van der Waals surface area contributed by atoms with Gasteiger partial charge in [-0.15, -0.1) is 6.58 Å². The molecule has 0 amide bonds. The maximum atomic E-state index is 6.08. The van der Waals surface area contributed by atoms with Gasteiger partial charge >= 0.3 is 0 Å². The Morgan fingerprint density at radius 3 is 3.00 bits per heavy atom. The maximum absolute atomic E-state index is 6.08. The number of methoxy groups -OCH3 is 1. The predicted molar refractivity (Wildman–Crippen MR) is 109 cm³/mol. The van der Waals surface area contributed by atoms with Crippen molar-refractivity contribution in [3.63, 3.8) is 0 Å². The van der Waals surface area contributed by atoms with Crippen LogP contribution in [-0.2, 0) is 6.42 Å². The zero-order valence-corrected chi connectivity index (χ0v) is 16.3. The second-order valence-electron chi connectivity index (χ2n) is 7.00. The molecule has 1 unspecified atom stereocenters. The number of aromatic nitrogens is 1. The standard InChI is InChI=1S/C23H30N2O2/c1-3-8-19-17-21(26-2)11-12-23(19)27-16-7-15-25-14-5-4-10-22(25)20-9-6-13-24-18-20/h3,6,9,11-13,17-18,22H,1,4-5,7-8,10,14-16H2,2H3. The molecule has 27 heavy (non-hydrogen) atoms. The Labute approximate surface area is 162 Å². The molecule has 1 fully saturated rings. The molecule has 1 aliphatic heterocycles. The van der Waals surface area contributed by atoms with Crippen molar-refractivity contribution in [1.29, 1.82) is 0 Å². The lowest BCUT2D eigenvalue weighted by Gasteiger charge is -2.35. The van der Waals surface area contributed by atoms with Crippen LogP contribution in [0.3, 0.4) is 0 Å². The van der Waals surface area contributed by atoms with E-state index in [1.54, 1.807) is 7.11 Å². The molecule has 4 heteroatoms. The summed E-state index contributed by atoms with van der Waals surface area (Å²) in [4.78, 5) is 6.89. The molecule has 0 aliphatic carbocycles. The van der Waals surface area contributed by atoms with Crippen LogP contribution in [-0.4, -0.2) is 36.7 Å². The van der Waals surface area contributed by atoms with Crippen molar-refractivity contribution in [3.05, 3.63) is 66.5 Å².